The van der Waals surface area contributed by atoms with Gasteiger partial charge in [-0.3, -0.25) is 4.79 Å². The zero-order valence-electron chi connectivity index (χ0n) is 11.1. The van der Waals surface area contributed by atoms with E-state index < -0.39 is 0 Å². The first kappa shape index (κ1) is 12.0. The minimum absolute atomic E-state index is 0.742. The van der Waals surface area contributed by atoms with E-state index in [1.54, 1.807) is 0 Å². The van der Waals surface area contributed by atoms with Gasteiger partial charge in [0.1, 0.15) is 6.29 Å². The van der Waals surface area contributed by atoms with Gasteiger partial charge in [-0.05, 0) is 55.2 Å². The topological polar surface area (TPSA) is 20.3 Å². The van der Waals surface area contributed by atoms with Gasteiger partial charge in [-0.25, -0.2) is 0 Å². The maximum absolute atomic E-state index is 10.8. The van der Waals surface area contributed by atoms with Crippen LogP contribution < -0.4 is 4.90 Å². The van der Waals surface area contributed by atoms with E-state index in [4.69, 9.17) is 0 Å². The van der Waals surface area contributed by atoms with E-state index in [-0.39, 0.29) is 0 Å². The van der Waals surface area contributed by atoms with Crippen molar-refractivity contribution in [1.82, 2.24) is 0 Å². The number of hydrogen-bond acceptors (Lipinski definition) is 2. The average molecular weight is 251 g/mol. The third kappa shape index (κ3) is 2.14. The summed E-state index contributed by atoms with van der Waals surface area (Å²) in [6, 6.07) is 14.5. The van der Waals surface area contributed by atoms with Crippen LogP contribution in [0.5, 0.6) is 0 Å². The van der Waals surface area contributed by atoms with Crippen LogP contribution in [0.25, 0.3) is 0 Å². The molecule has 0 fully saturated rings. The van der Waals surface area contributed by atoms with Crippen molar-refractivity contribution >= 4 is 17.7 Å². The molecule has 0 spiro atoms. The van der Waals surface area contributed by atoms with Crippen LogP contribution in [0.15, 0.2) is 42.5 Å². The van der Waals surface area contributed by atoms with Crippen LogP contribution in [-0.4, -0.2) is 12.8 Å². The van der Waals surface area contributed by atoms with Crippen LogP contribution in [0.1, 0.15) is 27.9 Å². The molecule has 2 heteroatoms. The molecule has 2 aromatic carbocycles. The Kier molecular flexibility index (Phi) is 3.08. The van der Waals surface area contributed by atoms with E-state index in [1.807, 2.05) is 12.1 Å². The van der Waals surface area contributed by atoms with Crippen LogP contribution in [0.2, 0.25) is 0 Å². The predicted molar refractivity (Wildman–Crippen MR) is 78.3 cm³/mol. The van der Waals surface area contributed by atoms with Crippen LogP contribution >= 0.6 is 0 Å². The summed E-state index contributed by atoms with van der Waals surface area (Å²) in [6.07, 6.45) is 3.23. The molecule has 0 aromatic heterocycles. The third-order valence-corrected chi connectivity index (χ3v) is 3.76. The highest BCUT2D eigenvalue weighted by molar-refractivity contribution is 5.78. The molecule has 96 valence electrons. The maximum atomic E-state index is 10.8. The summed E-state index contributed by atoms with van der Waals surface area (Å²) < 4.78 is 0. The van der Waals surface area contributed by atoms with Gasteiger partial charge in [-0.1, -0.05) is 18.2 Å². The summed E-state index contributed by atoms with van der Waals surface area (Å²) in [5, 5.41) is 0. The maximum Gasteiger partial charge on any atom is 0.150 e. The zero-order valence-corrected chi connectivity index (χ0v) is 11.1. The number of rotatable bonds is 2. The second kappa shape index (κ2) is 4.88. The van der Waals surface area contributed by atoms with Crippen molar-refractivity contribution in [1.29, 1.82) is 0 Å². The standard InChI is InChI=1S/C17H17NO/c1-13-11-14(12-19)8-9-16(13)18-10-4-6-15-5-2-3-7-17(15)18/h2-3,5,7-9,11-12H,4,6,10H2,1H3. The lowest BCUT2D eigenvalue weighted by molar-refractivity contribution is 0.112. The van der Waals surface area contributed by atoms with E-state index in [2.05, 4.69) is 42.2 Å². The van der Waals surface area contributed by atoms with E-state index in [1.165, 1.54) is 23.4 Å². The lowest BCUT2D eigenvalue weighted by atomic mass is 10.00. The lowest BCUT2D eigenvalue weighted by Gasteiger charge is -2.32. The van der Waals surface area contributed by atoms with Gasteiger partial charge in [0.15, 0.2) is 0 Å². The van der Waals surface area contributed by atoms with Crippen LogP contribution in [0.4, 0.5) is 11.4 Å². The Balaban J connectivity index is 2.06. The largest absolute Gasteiger partial charge is 0.341 e. The molecule has 0 radical (unpaired) electrons. The van der Waals surface area contributed by atoms with Crippen molar-refractivity contribution in [2.75, 3.05) is 11.4 Å². The minimum atomic E-state index is 0.742. The van der Waals surface area contributed by atoms with Gasteiger partial charge in [0, 0.05) is 23.5 Å². The number of aryl methyl sites for hydroxylation is 2. The van der Waals surface area contributed by atoms with Gasteiger partial charge in [-0.15, -0.1) is 0 Å². The summed E-state index contributed by atoms with van der Waals surface area (Å²) in [4.78, 5) is 13.2. The molecule has 1 heterocycles. The number of hydrogen-bond donors (Lipinski definition) is 0. The van der Waals surface area contributed by atoms with Crippen molar-refractivity contribution in [2.24, 2.45) is 0 Å². The van der Waals surface area contributed by atoms with Gasteiger partial charge in [0.25, 0.3) is 0 Å². The third-order valence-electron chi connectivity index (χ3n) is 3.76. The Hall–Kier alpha value is -2.09. The highest BCUT2D eigenvalue weighted by Gasteiger charge is 2.18. The molecule has 19 heavy (non-hydrogen) atoms. The minimum Gasteiger partial charge on any atom is -0.341 e. The fourth-order valence-corrected chi connectivity index (χ4v) is 2.84. The van der Waals surface area contributed by atoms with E-state index in [0.29, 0.717) is 0 Å². The van der Waals surface area contributed by atoms with Crippen molar-refractivity contribution < 1.29 is 4.79 Å². The molecule has 0 amide bonds. The smallest absolute Gasteiger partial charge is 0.150 e. The highest BCUT2D eigenvalue weighted by atomic mass is 16.1. The first-order valence-corrected chi connectivity index (χ1v) is 6.71. The Morgan fingerprint density at radius 3 is 2.74 bits per heavy atom. The second-order valence-corrected chi connectivity index (χ2v) is 5.05. The number of nitrogens with zero attached hydrogens (tertiary/aromatic N) is 1. The van der Waals surface area contributed by atoms with Crippen molar-refractivity contribution in [3.8, 4) is 0 Å². The van der Waals surface area contributed by atoms with Gasteiger partial charge < -0.3 is 4.90 Å². The molecule has 2 aromatic rings. The summed E-state index contributed by atoms with van der Waals surface area (Å²) in [6.45, 7) is 3.11. The molecular weight excluding hydrogens is 234 g/mol. The molecule has 0 saturated heterocycles. The number of anilines is 2. The molecule has 1 aliphatic rings. The lowest BCUT2D eigenvalue weighted by Crippen LogP contribution is -2.25. The fourth-order valence-electron chi connectivity index (χ4n) is 2.84. The molecule has 2 nitrogen and oxygen atoms in total. The molecule has 0 unspecified atom stereocenters. The zero-order chi connectivity index (χ0) is 13.2. The SMILES string of the molecule is Cc1cc(C=O)ccc1N1CCCc2ccccc21. The van der Waals surface area contributed by atoms with Crippen molar-refractivity contribution in [3.05, 3.63) is 59.2 Å². The molecule has 0 bridgehead atoms. The van der Waals surface area contributed by atoms with E-state index >= 15 is 0 Å². The van der Waals surface area contributed by atoms with Crippen molar-refractivity contribution in [3.63, 3.8) is 0 Å². The van der Waals surface area contributed by atoms with Gasteiger partial charge in [0.05, 0.1) is 0 Å². The van der Waals surface area contributed by atoms with Crippen molar-refractivity contribution in [2.45, 2.75) is 19.8 Å². The van der Waals surface area contributed by atoms with Gasteiger partial charge in [0.2, 0.25) is 0 Å². The molecule has 0 saturated carbocycles. The Morgan fingerprint density at radius 2 is 1.95 bits per heavy atom. The van der Waals surface area contributed by atoms with Crippen LogP contribution in [0, 0.1) is 6.92 Å². The molecule has 1 aliphatic heterocycles. The Labute approximate surface area is 113 Å². The Morgan fingerprint density at radius 1 is 1.11 bits per heavy atom. The first-order valence-electron chi connectivity index (χ1n) is 6.71. The molecule has 0 aliphatic carbocycles. The predicted octanol–water partition coefficient (Wildman–Crippen LogP) is 3.89. The van der Waals surface area contributed by atoms with Gasteiger partial charge in [-0.2, -0.15) is 0 Å². The Bertz CT molecular complexity index is 618. The average Bonchev–Trinajstić information content (AvgIpc) is 2.46. The number of benzene rings is 2. The number of aldehydes is 1. The van der Waals surface area contributed by atoms with E-state index in [9.17, 15) is 4.79 Å². The van der Waals surface area contributed by atoms with Crippen LogP contribution in [-0.2, 0) is 6.42 Å². The summed E-state index contributed by atoms with van der Waals surface area (Å²) in [7, 11) is 0. The number of carbonyl (C=O) groups is 1. The fraction of sp³-hybridized carbons (Fsp3) is 0.235. The summed E-state index contributed by atoms with van der Waals surface area (Å²) in [5.74, 6) is 0. The quantitative estimate of drug-likeness (QED) is 0.755. The second-order valence-electron chi connectivity index (χ2n) is 5.05. The molecular formula is C17H17NO. The van der Waals surface area contributed by atoms with Gasteiger partial charge >= 0.3 is 0 Å². The molecule has 0 atom stereocenters. The first-order chi connectivity index (χ1) is 9.29. The summed E-state index contributed by atoms with van der Waals surface area (Å²) in [5.41, 5.74) is 5.81. The monoisotopic (exact) mass is 251 g/mol. The van der Waals surface area contributed by atoms with E-state index in [0.717, 1.165) is 30.4 Å². The summed E-state index contributed by atoms with van der Waals surface area (Å²) >= 11 is 0. The number of carbonyl (C=O) groups excluding carboxylic acids is 1. The molecule has 0 N–H and O–H groups in total. The number of fused-ring (bicyclic) bond motifs is 1. The normalized spacial score (nSPS) is 14.1. The highest BCUT2D eigenvalue weighted by Crippen LogP contribution is 2.35. The number of para-hydroxylation sites is 1. The van der Waals surface area contributed by atoms with Crippen LogP contribution in [0.3, 0.4) is 0 Å². The molecule has 3 rings (SSSR count).